The predicted octanol–water partition coefficient (Wildman–Crippen LogP) is 3.25. The number of aromatic nitrogens is 2. The SMILES string of the molecule is c1ccc(C2CN(C3CCSCC3)Cc3[nH]cnc32)cc1. The highest BCUT2D eigenvalue weighted by Gasteiger charge is 2.32. The van der Waals surface area contributed by atoms with E-state index in [4.69, 9.17) is 0 Å². The number of imidazole rings is 1. The Hall–Kier alpha value is -1.26. The smallest absolute Gasteiger partial charge is 0.0925 e. The van der Waals surface area contributed by atoms with E-state index < -0.39 is 0 Å². The lowest BCUT2D eigenvalue weighted by Crippen LogP contribution is -2.43. The summed E-state index contributed by atoms with van der Waals surface area (Å²) in [6.07, 6.45) is 4.52. The van der Waals surface area contributed by atoms with Crippen molar-refractivity contribution in [3.8, 4) is 0 Å². The van der Waals surface area contributed by atoms with E-state index in [1.807, 2.05) is 6.33 Å². The molecule has 21 heavy (non-hydrogen) atoms. The van der Waals surface area contributed by atoms with Crippen LogP contribution in [0.4, 0.5) is 0 Å². The van der Waals surface area contributed by atoms with E-state index in [0.29, 0.717) is 5.92 Å². The maximum atomic E-state index is 4.61. The highest BCUT2D eigenvalue weighted by molar-refractivity contribution is 7.99. The summed E-state index contributed by atoms with van der Waals surface area (Å²) < 4.78 is 0. The van der Waals surface area contributed by atoms with Gasteiger partial charge in [-0.05, 0) is 29.9 Å². The topological polar surface area (TPSA) is 31.9 Å². The monoisotopic (exact) mass is 299 g/mol. The molecule has 4 heteroatoms. The van der Waals surface area contributed by atoms with Gasteiger partial charge in [0.1, 0.15) is 0 Å². The molecule has 2 aliphatic rings. The van der Waals surface area contributed by atoms with Gasteiger partial charge in [0, 0.05) is 25.0 Å². The molecule has 1 aromatic heterocycles. The molecule has 0 radical (unpaired) electrons. The van der Waals surface area contributed by atoms with Crippen LogP contribution < -0.4 is 0 Å². The number of H-pyrrole nitrogens is 1. The Bertz CT molecular complexity index is 589. The first kappa shape index (κ1) is 13.4. The second kappa shape index (κ2) is 5.85. The molecule has 2 aliphatic heterocycles. The predicted molar refractivity (Wildman–Crippen MR) is 87.6 cm³/mol. The summed E-state index contributed by atoms with van der Waals surface area (Å²) in [6.45, 7) is 2.14. The third-order valence-corrected chi connectivity index (χ3v) is 5.82. The van der Waals surface area contributed by atoms with Gasteiger partial charge in [-0.1, -0.05) is 30.3 Å². The minimum absolute atomic E-state index is 0.413. The molecular formula is C17H21N3S. The van der Waals surface area contributed by atoms with Crippen LogP contribution in [0.1, 0.15) is 35.7 Å². The molecule has 3 nitrogen and oxygen atoms in total. The van der Waals surface area contributed by atoms with E-state index in [0.717, 1.165) is 19.1 Å². The minimum Gasteiger partial charge on any atom is -0.347 e. The molecule has 2 aromatic rings. The zero-order chi connectivity index (χ0) is 14.1. The van der Waals surface area contributed by atoms with Crippen molar-refractivity contribution in [2.24, 2.45) is 0 Å². The van der Waals surface area contributed by atoms with Gasteiger partial charge in [-0.3, -0.25) is 4.90 Å². The van der Waals surface area contributed by atoms with Gasteiger partial charge in [-0.25, -0.2) is 4.98 Å². The van der Waals surface area contributed by atoms with Gasteiger partial charge < -0.3 is 4.98 Å². The Morgan fingerprint density at radius 3 is 2.76 bits per heavy atom. The maximum Gasteiger partial charge on any atom is 0.0925 e. The van der Waals surface area contributed by atoms with Gasteiger partial charge >= 0.3 is 0 Å². The van der Waals surface area contributed by atoms with Crippen LogP contribution in [-0.2, 0) is 6.54 Å². The summed E-state index contributed by atoms with van der Waals surface area (Å²) >= 11 is 2.10. The van der Waals surface area contributed by atoms with E-state index in [9.17, 15) is 0 Å². The minimum atomic E-state index is 0.413. The second-order valence-corrected chi connectivity index (χ2v) is 7.23. The van der Waals surface area contributed by atoms with Gasteiger partial charge in [-0.15, -0.1) is 0 Å². The van der Waals surface area contributed by atoms with E-state index in [-0.39, 0.29) is 0 Å². The first-order valence-corrected chi connectivity index (χ1v) is 8.96. The fraction of sp³-hybridized carbons (Fsp3) is 0.471. The van der Waals surface area contributed by atoms with Crippen LogP contribution in [0.25, 0.3) is 0 Å². The number of rotatable bonds is 2. The lowest BCUT2D eigenvalue weighted by molar-refractivity contribution is 0.156. The van der Waals surface area contributed by atoms with Crippen molar-refractivity contribution in [2.45, 2.75) is 31.3 Å². The Labute approximate surface area is 130 Å². The number of nitrogens with one attached hydrogen (secondary N) is 1. The van der Waals surface area contributed by atoms with E-state index in [1.165, 1.54) is 41.3 Å². The molecule has 1 unspecified atom stereocenters. The molecule has 1 fully saturated rings. The second-order valence-electron chi connectivity index (χ2n) is 6.00. The Kier molecular flexibility index (Phi) is 3.74. The molecule has 0 spiro atoms. The maximum absolute atomic E-state index is 4.61. The fourth-order valence-electron chi connectivity index (χ4n) is 3.62. The molecule has 0 bridgehead atoms. The van der Waals surface area contributed by atoms with Crippen LogP contribution in [0.15, 0.2) is 36.7 Å². The molecule has 1 N–H and O–H groups in total. The Balaban J connectivity index is 1.64. The fourth-order valence-corrected chi connectivity index (χ4v) is 4.71. The molecule has 3 heterocycles. The van der Waals surface area contributed by atoms with Crippen LogP contribution in [-0.4, -0.2) is 39.0 Å². The number of aromatic amines is 1. The summed E-state index contributed by atoms with van der Waals surface area (Å²) in [5, 5.41) is 0. The van der Waals surface area contributed by atoms with Crippen molar-refractivity contribution < 1.29 is 0 Å². The number of nitrogens with zero attached hydrogens (tertiary/aromatic N) is 2. The summed E-state index contributed by atoms with van der Waals surface area (Å²) in [5.41, 5.74) is 3.96. The van der Waals surface area contributed by atoms with Crippen molar-refractivity contribution in [3.05, 3.63) is 53.6 Å². The van der Waals surface area contributed by atoms with Crippen molar-refractivity contribution in [2.75, 3.05) is 18.1 Å². The number of fused-ring (bicyclic) bond motifs is 1. The van der Waals surface area contributed by atoms with Crippen molar-refractivity contribution in [3.63, 3.8) is 0 Å². The first-order chi connectivity index (χ1) is 10.4. The highest BCUT2D eigenvalue weighted by atomic mass is 32.2. The van der Waals surface area contributed by atoms with E-state index >= 15 is 0 Å². The average molecular weight is 299 g/mol. The number of benzene rings is 1. The summed E-state index contributed by atoms with van der Waals surface area (Å²) in [6, 6.07) is 11.6. The third-order valence-electron chi connectivity index (χ3n) is 4.77. The van der Waals surface area contributed by atoms with Gasteiger partial charge in [0.25, 0.3) is 0 Å². The Morgan fingerprint density at radius 1 is 1.14 bits per heavy atom. The van der Waals surface area contributed by atoms with Crippen molar-refractivity contribution in [1.82, 2.24) is 14.9 Å². The van der Waals surface area contributed by atoms with E-state index in [2.05, 4.69) is 57.0 Å². The van der Waals surface area contributed by atoms with Crippen LogP contribution in [0, 0.1) is 0 Å². The molecule has 1 aromatic carbocycles. The molecule has 1 saturated heterocycles. The van der Waals surface area contributed by atoms with Crippen molar-refractivity contribution >= 4 is 11.8 Å². The van der Waals surface area contributed by atoms with Gasteiger partial charge in [0.2, 0.25) is 0 Å². The summed E-state index contributed by atoms with van der Waals surface area (Å²) in [7, 11) is 0. The van der Waals surface area contributed by atoms with Gasteiger partial charge in [0.15, 0.2) is 0 Å². The van der Waals surface area contributed by atoms with Crippen LogP contribution in [0.2, 0.25) is 0 Å². The molecular weight excluding hydrogens is 278 g/mol. The van der Waals surface area contributed by atoms with Crippen molar-refractivity contribution in [1.29, 1.82) is 0 Å². The molecule has 1 atom stereocenters. The van der Waals surface area contributed by atoms with Gasteiger partial charge in [-0.2, -0.15) is 11.8 Å². The number of hydrogen-bond donors (Lipinski definition) is 1. The number of thioether (sulfide) groups is 1. The third kappa shape index (κ3) is 2.62. The Morgan fingerprint density at radius 2 is 1.95 bits per heavy atom. The molecule has 4 rings (SSSR count). The average Bonchev–Trinajstić information content (AvgIpc) is 3.04. The van der Waals surface area contributed by atoms with Crippen LogP contribution in [0.5, 0.6) is 0 Å². The lowest BCUT2D eigenvalue weighted by Gasteiger charge is -2.39. The molecule has 0 saturated carbocycles. The quantitative estimate of drug-likeness (QED) is 0.924. The zero-order valence-electron chi connectivity index (χ0n) is 12.2. The number of hydrogen-bond acceptors (Lipinski definition) is 3. The molecule has 0 amide bonds. The summed E-state index contributed by atoms with van der Waals surface area (Å²) in [5.74, 6) is 3.04. The largest absolute Gasteiger partial charge is 0.347 e. The lowest BCUT2D eigenvalue weighted by atomic mass is 9.89. The van der Waals surface area contributed by atoms with Crippen LogP contribution in [0.3, 0.4) is 0 Å². The van der Waals surface area contributed by atoms with E-state index in [1.54, 1.807) is 0 Å². The zero-order valence-corrected chi connectivity index (χ0v) is 13.0. The summed E-state index contributed by atoms with van der Waals surface area (Å²) in [4.78, 5) is 10.7. The van der Waals surface area contributed by atoms with Gasteiger partial charge in [0.05, 0.1) is 17.7 Å². The molecule has 0 aliphatic carbocycles. The standard InChI is InChI=1S/C17H21N3S/c1-2-4-13(5-3-1)15-10-20(14-6-8-21-9-7-14)11-16-17(15)19-12-18-16/h1-5,12,14-15H,6-11H2,(H,18,19). The van der Waals surface area contributed by atoms with Crippen LogP contribution >= 0.6 is 11.8 Å². The molecule has 110 valence electrons. The first-order valence-electron chi connectivity index (χ1n) is 7.80. The highest BCUT2D eigenvalue weighted by Crippen LogP contribution is 2.34. The normalized spacial score (nSPS) is 23.9.